The van der Waals surface area contributed by atoms with E-state index in [1.807, 2.05) is 12.2 Å². The third-order valence-electron chi connectivity index (χ3n) is 23.4. The average Bonchev–Trinajstić information content (AvgIpc) is 0.863. The highest BCUT2D eigenvalue weighted by Crippen LogP contribution is 2.52. The van der Waals surface area contributed by atoms with Crippen molar-refractivity contribution in [1.82, 2.24) is 0 Å². The van der Waals surface area contributed by atoms with Crippen LogP contribution in [0, 0.1) is 0 Å². The molecule has 0 amide bonds. The number of nitrogens with zero attached hydrogens (tertiary/aromatic N) is 2. The van der Waals surface area contributed by atoms with Gasteiger partial charge in [-0.25, -0.2) is 0 Å². The first-order valence-corrected chi connectivity index (χ1v) is 43.0. The fourth-order valence-electron chi connectivity index (χ4n) is 18.1. The van der Waals surface area contributed by atoms with Crippen molar-refractivity contribution in [2.24, 2.45) is 0 Å². The van der Waals surface area contributed by atoms with E-state index in [9.17, 15) is 0 Å². The summed E-state index contributed by atoms with van der Waals surface area (Å²) >= 11 is 0. The molecule has 0 unspecified atom stereocenters. The third kappa shape index (κ3) is 11.5. The fourth-order valence-corrected chi connectivity index (χ4v) is 27.4. The van der Waals surface area contributed by atoms with Crippen LogP contribution in [0.3, 0.4) is 0 Å². The Kier molecular flexibility index (Phi) is 17.6. The molecule has 0 radical (unpaired) electrons. The molecule has 0 bridgehead atoms. The van der Waals surface area contributed by atoms with Crippen molar-refractivity contribution in [3.05, 3.63) is 418 Å². The van der Waals surface area contributed by atoms with Crippen molar-refractivity contribution in [3.63, 3.8) is 0 Å². The molecule has 0 N–H and O–H groups in total. The average molecular weight is 1470 g/mol. The Hall–Kier alpha value is -13.4. The Labute approximate surface area is 656 Å². The highest BCUT2D eigenvalue weighted by Gasteiger charge is 2.43. The van der Waals surface area contributed by atoms with Crippen LogP contribution in [-0.4, -0.2) is 16.1 Å². The largest absolute Gasteiger partial charge is 0.456 e. The van der Waals surface area contributed by atoms with Crippen molar-refractivity contribution in [3.8, 4) is 22.3 Å². The maximum atomic E-state index is 6.78. The van der Waals surface area contributed by atoms with Gasteiger partial charge in [0.05, 0.1) is 11.4 Å². The van der Waals surface area contributed by atoms with E-state index >= 15 is 0 Å². The summed E-state index contributed by atoms with van der Waals surface area (Å²) in [6.07, 6.45) is 6.02. The summed E-state index contributed by atoms with van der Waals surface area (Å²) in [5.41, 5.74) is 16.8. The number of para-hydroxylation sites is 2. The number of anilines is 6. The van der Waals surface area contributed by atoms with Crippen LogP contribution in [0.1, 0.15) is 50.7 Å². The van der Waals surface area contributed by atoms with Gasteiger partial charge in [0.2, 0.25) is 0 Å². The Morgan fingerprint density at radius 2 is 0.589 bits per heavy atom. The van der Waals surface area contributed by atoms with E-state index < -0.39 is 16.1 Å². The molecule has 2 heterocycles. The fraction of sp³-hybridized carbons (Fsp3) is 0.0566. The summed E-state index contributed by atoms with van der Waals surface area (Å²) in [5, 5.41) is 22.0. The van der Waals surface area contributed by atoms with Gasteiger partial charge in [0.1, 0.15) is 22.3 Å². The second-order valence-corrected chi connectivity index (χ2v) is 38.0. The molecule has 0 aliphatic carbocycles. The third-order valence-corrected chi connectivity index (χ3v) is 32.9. The number of rotatable bonds is 20. The predicted octanol–water partition coefficient (Wildman–Crippen LogP) is 24.6. The minimum absolute atomic E-state index is 0.168. The highest BCUT2D eigenvalue weighted by atomic mass is 28.3. The van der Waals surface area contributed by atoms with Crippen LogP contribution in [0.4, 0.5) is 34.1 Å². The molecule has 0 saturated carbocycles. The second kappa shape index (κ2) is 28.6. The van der Waals surface area contributed by atoms with Gasteiger partial charge in [0, 0.05) is 67.2 Å². The maximum absolute atomic E-state index is 6.78. The molecule has 0 aliphatic rings. The van der Waals surface area contributed by atoms with Gasteiger partial charge in [-0.15, -0.1) is 0 Å². The lowest BCUT2D eigenvalue weighted by atomic mass is 9.84. The van der Waals surface area contributed by atoms with Gasteiger partial charge in [-0.1, -0.05) is 349 Å². The topological polar surface area (TPSA) is 32.8 Å². The van der Waals surface area contributed by atoms with E-state index in [-0.39, 0.29) is 11.8 Å². The molecule has 6 heteroatoms. The summed E-state index contributed by atoms with van der Waals surface area (Å²) in [7, 11) is -5.57. The van der Waals surface area contributed by atoms with Crippen LogP contribution < -0.4 is 46.1 Å². The Bertz CT molecular complexity index is 6610. The van der Waals surface area contributed by atoms with Gasteiger partial charge in [0.25, 0.3) is 0 Å². The first-order valence-electron chi connectivity index (χ1n) is 39.0. The molecule has 17 aromatic carbocycles. The van der Waals surface area contributed by atoms with E-state index in [1.54, 1.807) is 0 Å². The number of hydrogen-bond donors (Lipinski definition) is 0. The number of allylic oxidation sites excluding steroid dienone is 4. The van der Waals surface area contributed by atoms with Gasteiger partial charge < -0.3 is 18.6 Å². The van der Waals surface area contributed by atoms with Crippen LogP contribution in [0.15, 0.2) is 415 Å². The molecule has 19 aromatic rings. The lowest BCUT2D eigenvalue weighted by molar-refractivity contribution is 0.668. The van der Waals surface area contributed by atoms with Crippen molar-refractivity contribution in [2.45, 2.75) is 39.5 Å². The van der Waals surface area contributed by atoms with Crippen LogP contribution in [0.25, 0.3) is 98.4 Å². The highest BCUT2D eigenvalue weighted by molar-refractivity contribution is 7.20. The monoisotopic (exact) mass is 1470 g/mol. The van der Waals surface area contributed by atoms with Gasteiger partial charge in [0.15, 0.2) is 16.1 Å². The molecule has 112 heavy (non-hydrogen) atoms. The minimum atomic E-state index is -2.83. The summed E-state index contributed by atoms with van der Waals surface area (Å²) in [5.74, 6) is 0.337. The van der Waals surface area contributed by atoms with Crippen LogP contribution in [-0.2, 0) is 0 Å². The van der Waals surface area contributed by atoms with E-state index in [0.717, 1.165) is 116 Å². The lowest BCUT2D eigenvalue weighted by Gasteiger charge is -2.34. The van der Waals surface area contributed by atoms with Gasteiger partial charge >= 0.3 is 0 Å². The number of fused-ring (bicyclic) bond motifs is 6. The molecular weight excluding hydrogens is 1390 g/mol. The zero-order valence-corrected chi connectivity index (χ0v) is 65.2. The Balaban J connectivity index is 0.772. The number of benzene rings is 17. The van der Waals surface area contributed by atoms with E-state index in [4.69, 9.17) is 15.4 Å². The molecule has 19 rings (SSSR count). The zero-order chi connectivity index (χ0) is 75.6. The lowest BCUT2D eigenvalue weighted by Crippen LogP contribution is -2.74. The maximum Gasteiger partial charge on any atom is 0.179 e. The molecule has 536 valence electrons. The van der Waals surface area contributed by atoms with E-state index in [0.29, 0.717) is 0 Å². The summed E-state index contributed by atoms with van der Waals surface area (Å²) in [4.78, 5) is 4.95. The zero-order valence-electron chi connectivity index (χ0n) is 63.2. The van der Waals surface area contributed by atoms with Crippen LogP contribution >= 0.6 is 0 Å². The predicted molar refractivity (Wildman–Crippen MR) is 483 cm³/mol. The SMILES string of the molecule is C=C/C=C\C(=C)[Si](c1ccccc1)(c1ccccc1)c1ccc(-c2ccc(N(c3ccc4c(c3)oc3ccccc34)c3cc(C(C)C)c4ccc5c(N(c6ccc(-c7ccc([Si](c8ccccc8)(c8ccccc8)c8ccccc8)cc7)cc6)c6ccc7c(c6)oc6ccccc67)cc(C(C)C)c6ccc3c4c65)cc2)cc1. The Morgan fingerprint density at radius 3 is 0.964 bits per heavy atom. The van der Waals surface area contributed by atoms with Gasteiger partial charge in [-0.05, 0) is 176 Å². The second-order valence-electron chi connectivity index (χ2n) is 30.3. The quantitative estimate of drug-likeness (QED) is 0.0329. The molecule has 2 aromatic heterocycles. The smallest absolute Gasteiger partial charge is 0.179 e. The van der Waals surface area contributed by atoms with Crippen LogP contribution in [0.5, 0.6) is 0 Å². The first kappa shape index (κ1) is 69.1. The summed E-state index contributed by atoms with van der Waals surface area (Å²) in [6.45, 7) is 18.3. The number of furan rings is 2. The van der Waals surface area contributed by atoms with Crippen LogP contribution in [0.2, 0.25) is 0 Å². The van der Waals surface area contributed by atoms with E-state index in [1.165, 1.54) is 69.0 Å². The first-order chi connectivity index (χ1) is 55.1. The minimum Gasteiger partial charge on any atom is -0.456 e. The molecule has 0 spiro atoms. The van der Waals surface area contributed by atoms with Crippen molar-refractivity contribution < 1.29 is 8.83 Å². The van der Waals surface area contributed by atoms with E-state index in [2.05, 4.69) is 420 Å². The molecule has 0 aliphatic heterocycles. The summed E-state index contributed by atoms with van der Waals surface area (Å²) < 4.78 is 13.6. The van der Waals surface area contributed by atoms with Gasteiger partial charge in [-0.3, -0.25) is 0 Å². The normalized spacial score (nSPS) is 12.1. The van der Waals surface area contributed by atoms with Gasteiger partial charge in [-0.2, -0.15) is 0 Å². The molecule has 0 atom stereocenters. The molecule has 0 saturated heterocycles. The van der Waals surface area contributed by atoms with Crippen molar-refractivity contribution in [1.29, 1.82) is 0 Å². The standard InChI is InChI=1S/C106H82N2O2Si2/c1-7-8-28-73(6)111(82-29-14-9-15-30-82,83-31-16-10-17-32-83)87-57-47-76(48-58-87)74-43-51-78(52-44-74)107(80-55-61-91-89-39-24-26-41-101(89)109-103(91)67-80)99-69-97(71(2)3)93-64-66-96-100(70-98(72(4)5)94-63-65-95(99)105(93)106(94)96)108(81-56-62-92-90-40-25-27-42-102(90)110-104(92)68-81)79-53-45-75(46-54-79)77-49-59-88(60-50-77)112(84-33-18-11-19-34-84,85-35-20-12-21-36-85)86-37-22-13-23-38-86/h7-72H,1,6H2,2-5H3/b28-8-. The number of hydrogen-bond acceptors (Lipinski definition) is 4. The summed E-state index contributed by atoms with van der Waals surface area (Å²) in [6, 6.07) is 137. The Morgan fingerprint density at radius 1 is 0.295 bits per heavy atom. The molecular formula is C106H82N2O2Si2. The molecule has 4 nitrogen and oxygen atoms in total. The molecule has 0 fully saturated rings. The van der Waals surface area contributed by atoms with Crippen molar-refractivity contribution >= 4 is 163 Å². The van der Waals surface area contributed by atoms with Crippen molar-refractivity contribution in [2.75, 3.05) is 9.80 Å².